The Morgan fingerprint density at radius 1 is 1.43 bits per heavy atom. The third-order valence-corrected chi connectivity index (χ3v) is 4.54. The molecule has 1 unspecified atom stereocenters. The number of fused-ring (bicyclic) bond motifs is 1. The van der Waals surface area contributed by atoms with Gasteiger partial charge in [0.05, 0.1) is 11.1 Å². The van der Waals surface area contributed by atoms with Gasteiger partial charge in [-0.15, -0.1) is 11.6 Å². The summed E-state index contributed by atoms with van der Waals surface area (Å²) in [6.07, 6.45) is 2.15. The molecule has 0 saturated carbocycles. The monoisotopic (exact) mass is 302 g/mol. The summed E-state index contributed by atoms with van der Waals surface area (Å²) in [5, 5.41) is 0.932. The molecule has 3 nitrogen and oxygen atoms in total. The minimum atomic E-state index is 0.103. The van der Waals surface area contributed by atoms with Gasteiger partial charge in [0.1, 0.15) is 0 Å². The maximum Gasteiger partial charge on any atom is 0.254 e. The molecule has 0 radical (unpaired) electrons. The van der Waals surface area contributed by atoms with Gasteiger partial charge >= 0.3 is 0 Å². The number of hydrogen-bond acceptors (Lipinski definition) is 2. The molecule has 0 N–H and O–H groups in total. The molecule has 3 rings (SSSR count). The number of aryl methyl sites for hydroxylation is 1. The number of amides is 1. The molecule has 1 fully saturated rings. The molecule has 0 aliphatic carbocycles. The highest BCUT2D eigenvalue weighted by atomic mass is 35.5. The van der Waals surface area contributed by atoms with Crippen LogP contribution < -0.4 is 0 Å². The molecule has 1 amide bonds. The van der Waals surface area contributed by atoms with Crippen molar-refractivity contribution in [2.75, 3.05) is 19.0 Å². The van der Waals surface area contributed by atoms with E-state index in [1.807, 2.05) is 42.2 Å². The topological polar surface area (TPSA) is 33.2 Å². The fraction of sp³-hybridized carbons (Fsp3) is 0.412. The van der Waals surface area contributed by atoms with E-state index in [1.165, 1.54) is 0 Å². The second-order valence-corrected chi connectivity index (χ2v) is 6.05. The number of carbonyl (C=O) groups is 1. The van der Waals surface area contributed by atoms with Gasteiger partial charge in [-0.1, -0.05) is 18.2 Å². The van der Waals surface area contributed by atoms with Gasteiger partial charge in [-0.3, -0.25) is 9.78 Å². The Labute approximate surface area is 129 Å². The average molecular weight is 303 g/mol. The number of benzene rings is 1. The van der Waals surface area contributed by atoms with Crippen molar-refractivity contribution in [3.05, 3.63) is 41.6 Å². The Morgan fingerprint density at radius 2 is 2.24 bits per heavy atom. The van der Waals surface area contributed by atoms with E-state index in [2.05, 4.69) is 4.98 Å². The van der Waals surface area contributed by atoms with Crippen molar-refractivity contribution in [3.8, 4) is 0 Å². The summed E-state index contributed by atoms with van der Waals surface area (Å²) in [6, 6.07) is 9.73. The van der Waals surface area contributed by atoms with E-state index in [-0.39, 0.29) is 5.91 Å². The molecule has 1 aromatic heterocycles. The summed E-state index contributed by atoms with van der Waals surface area (Å²) in [4.78, 5) is 19.3. The number of para-hydroxylation sites is 1. The molecule has 21 heavy (non-hydrogen) atoms. The number of piperidine rings is 1. The van der Waals surface area contributed by atoms with Gasteiger partial charge in [0.15, 0.2) is 0 Å². The SMILES string of the molecule is Cc1cc(C(=O)N2CCCC(CCl)C2)c2ccccc2n1. The second-order valence-electron chi connectivity index (χ2n) is 5.74. The smallest absolute Gasteiger partial charge is 0.254 e. The van der Waals surface area contributed by atoms with E-state index < -0.39 is 0 Å². The van der Waals surface area contributed by atoms with Crippen LogP contribution in [-0.2, 0) is 0 Å². The summed E-state index contributed by atoms with van der Waals surface area (Å²) in [5.41, 5.74) is 2.52. The Balaban J connectivity index is 1.97. The maximum absolute atomic E-state index is 12.9. The van der Waals surface area contributed by atoms with E-state index >= 15 is 0 Å². The molecule has 0 spiro atoms. The average Bonchev–Trinajstić information content (AvgIpc) is 2.53. The normalized spacial score (nSPS) is 19.0. The van der Waals surface area contributed by atoms with Crippen molar-refractivity contribution < 1.29 is 4.79 Å². The number of aromatic nitrogens is 1. The lowest BCUT2D eigenvalue weighted by Crippen LogP contribution is -2.40. The fourth-order valence-corrected chi connectivity index (χ4v) is 3.28. The lowest BCUT2D eigenvalue weighted by atomic mass is 9.98. The van der Waals surface area contributed by atoms with Crippen LogP contribution in [0.3, 0.4) is 0 Å². The van der Waals surface area contributed by atoms with Crippen molar-refractivity contribution in [1.82, 2.24) is 9.88 Å². The number of pyridine rings is 1. The van der Waals surface area contributed by atoms with Crippen molar-refractivity contribution in [2.45, 2.75) is 19.8 Å². The van der Waals surface area contributed by atoms with E-state index in [0.29, 0.717) is 11.8 Å². The highest BCUT2D eigenvalue weighted by Gasteiger charge is 2.25. The molecule has 1 atom stereocenters. The Kier molecular flexibility index (Phi) is 4.11. The van der Waals surface area contributed by atoms with Gasteiger partial charge in [-0.25, -0.2) is 0 Å². The lowest BCUT2D eigenvalue weighted by molar-refractivity contribution is 0.0686. The van der Waals surface area contributed by atoms with Crippen LogP contribution in [0.1, 0.15) is 28.9 Å². The first-order valence-electron chi connectivity index (χ1n) is 7.40. The molecule has 110 valence electrons. The van der Waals surface area contributed by atoms with Gasteiger partial charge in [-0.05, 0) is 37.8 Å². The molecular weight excluding hydrogens is 284 g/mol. The third kappa shape index (κ3) is 2.88. The number of rotatable bonds is 2. The molecule has 2 aromatic rings. The highest BCUT2D eigenvalue weighted by molar-refractivity contribution is 6.18. The maximum atomic E-state index is 12.9. The standard InChI is InChI=1S/C17H19ClN2O/c1-12-9-15(14-6-2-3-7-16(14)19-12)17(21)20-8-4-5-13(10-18)11-20/h2-3,6-7,9,13H,4-5,8,10-11H2,1H3. The minimum Gasteiger partial charge on any atom is -0.338 e. The zero-order chi connectivity index (χ0) is 14.8. The number of likely N-dealkylation sites (tertiary alicyclic amines) is 1. The van der Waals surface area contributed by atoms with E-state index in [0.717, 1.165) is 48.1 Å². The number of carbonyl (C=O) groups excluding carboxylic acids is 1. The van der Waals surface area contributed by atoms with Crippen LogP contribution >= 0.6 is 11.6 Å². The largest absolute Gasteiger partial charge is 0.338 e. The first-order valence-corrected chi connectivity index (χ1v) is 7.94. The van der Waals surface area contributed by atoms with Crippen molar-refractivity contribution in [2.24, 2.45) is 5.92 Å². The van der Waals surface area contributed by atoms with Crippen LogP contribution in [0.5, 0.6) is 0 Å². The summed E-state index contributed by atoms with van der Waals surface area (Å²) < 4.78 is 0. The number of hydrogen-bond donors (Lipinski definition) is 0. The summed E-state index contributed by atoms with van der Waals surface area (Å²) in [5.74, 6) is 1.14. The fourth-order valence-electron chi connectivity index (χ4n) is 3.03. The van der Waals surface area contributed by atoms with Crippen molar-refractivity contribution in [1.29, 1.82) is 0 Å². The van der Waals surface area contributed by atoms with Crippen molar-refractivity contribution >= 4 is 28.4 Å². The van der Waals surface area contributed by atoms with E-state index in [1.54, 1.807) is 0 Å². The summed E-state index contributed by atoms with van der Waals surface area (Å²) >= 11 is 5.97. The predicted octanol–water partition coefficient (Wildman–Crippen LogP) is 3.63. The third-order valence-electron chi connectivity index (χ3n) is 4.10. The van der Waals surface area contributed by atoms with Crippen LogP contribution in [0, 0.1) is 12.8 Å². The molecule has 4 heteroatoms. The minimum absolute atomic E-state index is 0.103. The van der Waals surface area contributed by atoms with Gasteiger partial charge in [0, 0.05) is 30.0 Å². The van der Waals surface area contributed by atoms with E-state index in [4.69, 9.17) is 11.6 Å². The molecule has 1 saturated heterocycles. The van der Waals surface area contributed by atoms with Crippen LogP contribution in [0.4, 0.5) is 0 Å². The second kappa shape index (κ2) is 6.02. The zero-order valence-corrected chi connectivity index (χ0v) is 12.9. The number of alkyl halides is 1. The van der Waals surface area contributed by atoms with Gasteiger partial charge in [0.25, 0.3) is 5.91 Å². The predicted molar refractivity (Wildman–Crippen MR) is 85.8 cm³/mol. The lowest BCUT2D eigenvalue weighted by Gasteiger charge is -2.32. The zero-order valence-electron chi connectivity index (χ0n) is 12.2. The Morgan fingerprint density at radius 3 is 3.05 bits per heavy atom. The molecule has 1 aliphatic heterocycles. The van der Waals surface area contributed by atoms with Gasteiger partial charge < -0.3 is 4.90 Å². The van der Waals surface area contributed by atoms with E-state index in [9.17, 15) is 4.79 Å². The van der Waals surface area contributed by atoms with Crippen LogP contribution in [0.15, 0.2) is 30.3 Å². The van der Waals surface area contributed by atoms with Crippen LogP contribution in [0.25, 0.3) is 10.9 Å². The molecule has 1 aromatic carbocycles. The van der Waals surface area contributed by atoms with Gasteiger partial charge in [0.2, 0.25) is 0 Å². The first-order chi connectivity index (χ1) is 10.2. The first kappa shape index (κ1) is 14.3. The molecule has 2 heterocycles. The van der Waals surface area contributed by atoms with Gasteiger partial charge in [-0.2, -0.15) is 0 Å². The summed E-state index contributed by atoms with van der Waals surface area (Å²) in [6.45, 7) is 3.51. The molecular formula is C17H19ClN2O. The van der Waals surface area contributed by atoms with Crippen molar-refractivity contribution in [3.63, 3.8) is 0 Å². The molecule has 0 bridgehead atoms. The number of halogens is 1. The van der Waals surface area contributed by atoms with Crippen LogP contribution in [0.2, 0.25) is 0 Å². The summed E-state index contributed by atoms with van der Waals surface area (Å²) in [7, 11) is 0. The Bertz CT molecular complexity index is 671. The Hall–Kier alpha value is -1.61. The quantitative estimate of drug-likeness (QED) is 0.794. The molecule has 1 aliphatic rings. The van der Waals surface area contributed by atoms with Crippen LogP contribution in [-0.4, -0.2) is 34.8 Å². The highest BCUT2D eigenvalue weighted by Crippen LogP contribution is 2.23. The number of nitrogens with zero attached hydrogens (tertiary/aromatic N) is 2.